The summed E-state index contributed by atoms with van der Waals surface area (Å²) in [6.45, 7) is 3.71. The van der Waals surface area contributed by atoms with Crippen LogP contribution in [0.5, 0.6) is 5.75 Å². The van der Waals surface area contributed by atoms with Gasteiger partial charge in [-0.25, -0.2) is 4.98 Å². The summed E-state index contributed by atoms with van der Waals surface area (Å²) in [6, 6.07) is 8.10. The molecule has 0 N–H and O–H groups in total. The molecule has 0 atom stereocenters. The molecule has 0 fully saturated rings. The Hall–Kier alpha value is -2.14. The zero-order valence-electron chi connectivity index (χ0n) is 13.6. The van der Waals surface area contributed by atoms with Crippen LogP contribution in [0.25, 0.3) is 21.9 Å². The topological polar surface area (TPSA) is 43.2 Å². The van der Waals surface area contributed by atoms with E-state index in [2.05, 4.69) is 30.2 Å². The zero-order valence-corrected chi connectivity index (χ0v) is 13.6. The Bertz CT molecular complexity index is 807. The number of pyridine rings is 1. The molecule has 1 aromatic carbocycles. The van der Waals surface area contributed by atoms with Crippen LogP contribution in [0.4, 0.5) is 0 Å². The first-order valence-electron chi connectivity index (χ1n) is 7.57. The largest absolute Gasteiger partial charge is 0.492 e. The van der Waals surface area contributed by atoms with Crippen molar-refractivity contribution < 1.29 is 4.74 Å². The van der Waals surface area contributed by atoms with Crippen molar-refractivity contribution in [3.8, 4) is 5.75 Å². The van der Waals surface area contributed by atoms with Gasteiger partial charge in [0.1, 0.15) is 5.75 Å². The SMILES string of the molecule is Cc1nn(C)c2nc3ccccc3c(OCCCN(C)C)c12. The van der Waals surface area contributed by atoms with E-state index >= 15 is 0 Å². The van der Waals surface area contributed by atoms with Crippen molar-refractivity contribution in [2.75, 3.05) is 27.2 Å². The third-order valence-electron chi connectivity index (χ3n) is 3.79. The fourth-order valence-corrected chi connectivity index (χ4v) is 2.76. The monoisotopic (exact) mass is 298 g/mol. The fourth-order valence-electron chi connectivity index (χ4n) is 2.76. The molecule has 2 aromatic heterocycles. The van der Waals surface area contributed by atoms with Crippen LogP contribution in [0, 0.1) is 6.92 Å². The second kappa shape index (κ2) is 5.93. The lowest BCUT2D eigenvalue weighted by Gasteiger charge is -2.13. The third-order valence-corrected chi connectivity index (χ3v) is 3.79. The molecule has 116 valence electrons. The molecule has 2 heterocycles. The summed E-state index contributed by atoms with van der Waals surface area (Å²) in [5.74, 6) is 0.907. The fraction of sp³-hybridized carbons (Fsp3) is 0.412. The van der Waals surface area contributed by atoms with Crippen LogP contribution in [-0.2, 0) is 7.05 Å². The molecule has 0 aliphatic rings. The van der Waals surface area contributed by atoms with Gasteiger partial charge in [0.15, 0.2) is 5.65 Å². The van der Waals surface area contributed by atoms with Crippen LogP contribution < -0.4 is 4.74 Å². The van der Waals surface area contributed by atoms with E-state index in [0.717, 1.165) is 46.3 Å². The lowest BCUT2D eigenvalue weighted by Crippen LogP contribution is -2.15. The number of benzene rings is 1. The quantitative estimate of drug-likeness (QED) is 0.679. The molecular weight excluding hydrogens is 276 g/mol. The number of nitrogens with zero attached hydrogens (tertiary/aromatic N) is 4. The van der Waals surface area contributed by atoms with E-state index in [1.165, 1.54) is 0 Å². The van der Waals surface area contributed by atoms with E-state index in [9.17, 15) is 0 Å². The van der Waals surface area contributed by atoms with Gasteiger partial charge in [0.2, 0.25) is 0 Å². The van der Waals surface area contributed by atoms with E-state index in [1.54, 1.807) is 0 Å². The molecule has 0 saturated carbocycles. The Morgan fingerprint density at radius 3 is 2.77 bits per heavy atom. The zero-order chi connectivity index (χ0) is 15.7. The second-order valence-corrected chi connectivity index (χ2v) is 5.87. The van der Waals surface area contributed by atoms with Crippen molar-refractivity contribution in [3.63, 3.8) is 0 Å². The molecule has 3 rings (SSSR count). The van der Waals surface area contributed by atoms with Crippen molar-refractivity contribution >= 4 is 21.9 Å². The lowest BCUT2D eigenvalue weighted by atomic mass is 10.1. The van der Waals surface area contributed by atoms with E-state index in [-0.39, 0.29) is 0 Å². The molecule has 0 aliphatic heterocycles. The summed E-state index contributed by atoms with van der Waals surface area (Å²) in [4.78, 5) is 6.89. The summed E-state index contributed by atoms with van der Waals surface area (Å²) >= 11 is 0. The third kappa shape index (κ3) is 2.64. The molecule has 0 amide bonds. The van der Waals surface area contributed by atoms with Gasteiger partial charge in [-0.1, -0.05) is 12.1 Å². The number of hydrogen-bond donors (Lipinski definition) is 0. The average Bonchev–Trinajstić information content (AvgIpc) is 2.77. The Morgan fingerprint density at radius 2 is 2.00 bits per heavy atom. The molecule has 5 heteroatoms. The maximum Gasteiger partial charge on any atom is 0.162 e. The highest BCUT2D eigenvalue weighted by Gasteiger charge is 2.16. The van der Waals surface area contributed by atoms with Gasteiger partial charge in [-0.2, -0.15) is 5.10 Å². The molecule has 22 heavy (non-hydrogen) atoms. The second-order valence-electron chi connectivity index (χ2n) is 5.87. The summed E-state index contributed by atoms with van der Waals surface area (Å²) < 4.78 is 7.98. The van der Waals surface area contributed by atoms with Crippen LogP contribution in [0.15, 0.2) is 24.3 Å². The van der Waals surface area contributed by atoms with E-state index in [1.807, 2.05) is 36.9 Å². The highest BCUT2D eigenvalue weighted by Crippen LogP contribution is 2.34. The number of fused-ring (bicyclic) bond motifs is 2. The maximum atomic E-state index is 6.16. The number of aryl methyl sites for hydroxylation is 2. The van der Waals surface area contributed by atoms with Gasteiger partial charge in [-0.15, -0.1) is 0 Å². The van der Waals surface area contributed by atoms with Gasteiger partial charge >= 0.3 is 0 Å². The van der Waals surface area contributed by atoms with Gasteiger partial charge in [0.25, 0.3) is 0 Å². The number of ether oxygens (including phenoxy) is 1. The standard InChI is InChI=1S/C17H22N4O/c1-12-15-16(22-11-7-10-20(2)3)13-8-5-6-9-14(13)18-17(15)21(4)19-12/h5-6,8-9H,7,10-11H2,1-4H3. The Balaban J connectivity index is 2.06. The molecule has 3 aromatic rings. The molecule has 0 saturated heterocycles. The first kappa shape index (κ1) is 14.8. The minimum absolute atomic E-state index is 0.690. The molecule has 0 bridgehead atoms. The number of rotatable bonds is 5. The average molecular weight is 298 g/mol. The minimum atomic E-state index is 0.690. The van der Waals surface area contributed by atoms with E-state index in [0.29, 0.717) is 6.61 Å². The highest BCUT2D eigenvalue weighted by molar-refractivity contribution is 6.00. The highest BCUT2D eigenvalue weighted by atomic mass is 16.5. The number of para-hydroxylation sites is 1. The first-order chi connectivity index (χ1) is 10.6. The van der Waals surface area contributed by atoms with Crippen molar-refractivity contribution in [1.82, 2.24) is 19.7 Å². The summed E-state index contributed by atoms with van der Waals surface area (Å²) in [5.41, 5.74) is 2.78. The normalized spacial score (nSPS) is 11.7. The molecule has 0 radical (unpaired) electrons. The van der Waals surface area contributed by atoms with Crippen molar-refractivity contribution in [3.05, 3.63) is 30.0 Å². The molecular formula is C17H22N4O. The van der Waals surface area contributed by atoms with Crippen LogP contribution in [-0.4, -0.2) is 46.9 Å². The predicted molar refractivity (Wildman–Crippen MR) is 89.4 cm³/mol. The first-order valence-corrected chi connectivity index (χ1v) is 7.57. The number of aromatic nitrogens is 3. The van der Waals surface area contributed by atoms with Crippen LogP contribution >= 0.6 is 0 Å². The van der Waals surface area contributed by atoms with Crippen LogP contribution in [0.3, 0.4) is 0 Å². The Labute approximate surface area is 130 Å². The van der Waals surface area contributed by atoms with E-state index < -0.39 is 0 Å². The predicted octanol–water partition coefficient (Wildman–Crippen LogP) is 2.76. The smallest absolute Gasteiger partial charge is 0.162 e. The molecule has 0 spiro atoms. The molecule has 0 unspecified atom stereocenters. The van der Waals surface area contributed by atoms with Gasteiger partial charge in [-0.05, 0) is 39.6 Å². The van der Waals surface area contributed by atoms with Crippen molar-refractivity contribution in [1.29, 1.82) is 0 Å². The van der Waals surface area contributed by atoms with Crippen LogP contribution in [0.2, 0.25) is 0 Å². The maximum absolute atomic E-state index is 6.16. The van der Waals surface area contributed by atoms with Gasteiger partial charge < -0.3 is 9.64 Å². The number of hydrogen-bond acceptors (Lipinski definition) is 4. The molecule has 0 aliphatic carbocycles. The van der Waals surface area contributed by atoms with Gasteiger partial charge in [0.05, 0.1) is 23.2 Å². The van der Waals surface area contributed by atoms with Crippen molar-refractivity contribution in [2.45, 2.75) is 13.3 Å². The van der Waals surface area contributed by atoms with Crippen molar-refractivity contribution in [2.24, 2.45) is 7.05 Å². The summed E-state index contributed by atoms with van der Waals surface area (Å²) in [6.07, 6.45) is 0.991. The van der Waals surface area contributed by atoms with E-state index in [4.69, 9.17) is 9.72 Å². The molecule has 5 nitrogen and oxygen atoms in total. The Morgan fingerprint density at radius 1 is 1.23 bits per heavy atom. The van der Waals surface area contributed by atoms with Gasteiger partial charge in [-0.3, -0.25) is 4.68 Å². The summed E-state index contributed by atoms with van der Waals surface area (Å²) in [7, 11) is 6.07. The Kier molecular flexibility index (Phi) is 3.98. The van der Waals surface area contributed by atoms with Crippen LogP contribution in [0.1, 0.15) is 12.1 Å². The summed E-state index contributed by atoms with van der Waals surface area (Å²) in [5, 5.41) is 6.57. The lowest BCUT2D eigenvalue weighted by molar-refractivity contribution is 0.286. The minimum Gasteiger partial charge on any atom is -0.492 e. The van der Waals surface area contributed by atoms with Gasteiger partial charge in [0, 0.05) is 19.0 Å².